The van der Waals surface area contributed by atoms with Crippen LogP contribution in [0, 0.1) is 6.92 Å². The van der Waals surface area contributed by atoms with Gasteiger partial charge in [0.1, 0.15) is 5.82 Å². The molecule has 6 nitrogen and oxygen atoms in total. The predicted molar refractivity (Wildman–Crippen MR) is 101 cm³/mol. The second-order valence-corrected chi connectivity index (χ2v) is 7.47. The highest BCUT2D eigenvalue weighted by Crippen LogP contribution is 2.25. The zero-order valence-corrected chi connectivity index (χ0v) is 15.8. The number of carbonyl (C=O) groups excluding carboxylic acids is 1. The van der Waals surface area contributed by atoms with Crippen LogP contribution in [0.5, 0.6) is 0 Å². The van der Waals surface area contributed by atoms with Gasteiger partial charge in [0.2, 0.25) is 0 Å². The first kappa shape index (κ1) is 16.9. The number of fused-ring (bicyclic) bond motifs is 1. The summed E-state index contributed by atoms with van der Waals surface area (Å²) < 4.78 is 1.74. The van der Waals surface area contributed by atoms with Crippen LogP contribution in [0.15, 0.2) is 23.6 Å². The van der Waals surface area contributed by atoms with E-state index in [0.29, 0.717) is 18.7 Å². The van der Waals surface area contributed by atoms with E-state index in [1.54, 1.807) is 16.0 Å². The van der Waals surface area contributed by atoms with Crippen LogP contribution in [0.1, 0.15) is 39.7 Å². The Hall–Kier alpha value is -2.54. The van der Waals surface area contributed by atoms with E-state index in [1.165, 1.54) is 11.3 Å². The van der Waals surface area contributed by atoms with Crippen LogP contribution < -0.4 is 5.32 Å². The maximum atomic E-state index is 12.4. The van der Waals surface area contributed by atoms with Crippen LogP contribution in [0.2, 0.25) is 0 Å². The average molecular weight is 367 g/mol. The molecule has 3 aromatic rings. The summed E-state index contributed by atoms with van der Waals surface area (Å²) in [6.45, 7) is 2.55. The van der Waals surface area contributed by atoms with Crippen LogP contribution in [-0.2, 0) is 26.3 Å². The highest BCUT2D eigenvalue weighted by atomic mass is 32.1. The molecule has 3 aromatic heterocycles. The van der Waals surface area contributed by atoms with E-state index < -0.39 is 0 Å². The van der Waals surface area contributed by atoms with Gasteiger partial charge in [-0.3, -0.25) is 9.48 Å². The van der Waals surface area contributed by atoms with Crippen LogP contribution in [0.25, 0.3) is 10.6 Å². The van der Waals surface area contributed by atoms with Gasteiger partial charge in [0, 0.05) is 31.4 Å². The molecule has 0 atom stereocenters. The normalized spacial score (nSPS) is 13.0. The van der Waals surface area contributed by atoms with Crippen molar-refractivity contribution in [2.45, 2.75) is 32.6 Å². The highest BCUT2D eigenvalue weighted by Gasteiger charge is 2.17. The second-order valence-electron chi connectivity index (χ2n) is 6.53. The number of nitrogens with zero attached hydrogens (tertiary/aromatic N) is 4. The van der Waals surface area contributed by atoms with E-state index in [-0.39, 0.29) is 5.91 Å². The summed E-state index contributed by atoms with van der Waals surface area (Å²) >= 11 is 1.63. The molecule has 7 heteroatoms. The van der Waals surface area contributed by atoms with Gasteiger partial charge in [-0.05, 0) is 49.3 Å². The van der Waals surface area contributed by atoms with Gasteiger partial charge in [-0.1, -0.05) is 6.07 Å². The molecule has 1 N–H and O–H groups in total. The number of rotatable bonds is 5. The van der Waals surface area contributed by atoms with Gasteiger partial charge >= 0.3 is 0 Å². The molecule has 0 bridgehead atoms. The summed E-state index contributed by atoms with van der Waals surface area (Å²) in [7, 11) is 1.85. The van der Waals surface area contributed by atoms with Gasteiger partial charge in [-0.25, -0.2) is 9.97 Å². The van der Waals surface area contributed by atoms with E-state index in [0.717, 1.165) is 41.4 Å². The Morgan fingerprint density at radius 2 is 2.23 bits per heavy atom. The molecule has 0 fully saturated rings. The summed E-state index contributed by atoms with van der Waals surface area (Å²) in [6.07, 6.45) is 3.92. The fourth-order valence-electron chi connectivity index (χ4n) is 3.41. The number of nitrogens with one attached hydrogen (secondary N) is 1. The first-order chi connectivity index (χ1) is 12.6. The molecule has 1 amide bonds. The Bertz CT molecular complexity index is 945. The molecule has 1 aliphatic carbocycles. The summed E-state index contributed by atoms with van der Waals surface area (Å²) in [4.78, 5) is 22.7. The fraction of sp³-hybridized carbons (Fsp3) is 0.368. The van der Waals surface area contributed by atoms with Gasteiger partial charge in [-0.15, -0.1) is 11.3 Å². The van der Waals surface area contributed by atoms with Gasteiger partial charge < -0.3 is 5.32 Å². The van der Waals surface area contributed by atoms with Crippen LogP contribution in [-0.4, -0.2) is 32.2 Å². The van der Waals surface area contributed by atoms with Crippen molar-refractivity contribution in [3.8, 4) is 10.6 Å². The predicted octanol–water partition coefficient (Wildman–Crippen LogP) is 2.71. The lowest BCUT2D eigenvalue weighted by atomic mass is 10.2. The topological polar surface area (TPSA) is 72.7 Å². The summed E-state index contributed by atoms with van der Waals surface area (Å²) in [5.74, 6) is 0.644. The number of thiophene rings is 1. The van der Waals surface area contributed by atoms with E-state index in [4.69, 9.17) is 0 Å². The third-order valence-electron chi connectivity index (χ3n) is 4.71. The van der Waals surface area contributed by atoms with Gasteiger partial charge in [0.15, 0.2) is 5.69 Å². The van der Waals surface area contributed by atoms with Crippen LogP contribution in [0.4, 0.5) is 0 Å². The average Bonchev–Trinajstić information content (AvgIpc) is 3.34. The molecule has 4 rings (SSSR count). The highest BCUT2D eigenvalue weighted by molar-refractivity contribution is 7.13. The van der Waals surface area contributed by atoms with E-state index in [9.17, 15) is 4.79 Å². The zero-order chi connectivity index (χ0) is 18.1. The standard InChI is InChI=1S/C19H21N5OS/c1-12-13-5-3-6-14(13)22-18(21-12)8-9-20-19(25)15-11-16(24(2)23-15)17-7-4-10-26-17/h4,7,10-11H,3,5-6,8-9H2,1-2H3,(H,20,25). The summed E-state index contributed by atoms with van der Waals surface area (Å²) in [5.41, 5.74) is 4.96. The molecular weight excluding hydrogens is 346 g/mol. The third kappa shape index (κ3) is 3.26. The number of aryl methyl sites for hydroxylation is 3. The van der Waals surface area contributed by atoms with Gasteiger partial charge in [0.25, 0.3) is 5.91 Å². The molecule has 3 heterocycles. The van der Waals surface area contributed by atoms with Crippen molar-refractivity contribution >= 4 is 17.2 Å². The Morgan fingerprint density at radius 1 is 1.35 bits per heavy atom. The Morgan fingerprint density at radius 3 is 3.04 bits per heavy atom. The molecule has 1 aliphatic rings. The minimum absolute atomic E-state index is 0.165. The quantitative estimate of drug-likeness (QED) is 0.752. The molecule has 0 radical (unpaired) electrons. The number of hydrogen-bond acceptors (Lipinski definition) is 5. The monoisotopic (exact) mass is 367 g/mol. The largest absolute Gasteiger partial charge is 0.350 e. The maximum Gasteiger partial charge on any atom is 0.271 e. The SMILES string of the molecule is Cc1nc(CCNC(=O)c2cc(-c3cccs3)n(C)n2)nc2c1CCC2. The Labute approximate surface area is 156 Å². The third-order valence-corrected chi connectivity index (χ3v) is 5.60. The lowest BCUT2D eigenvalue weighted by Gasteiger charge is -2.07. The van der Waals surface area contributed by atoms with Crippen molar-refractivity contribution in [1.82, 2.24) is 25.1 Å². The second kappa shape index (κ2) is 6.99. The summed E-state index contributed by atoms with van der Waals surface area (Å²) in [5, 5.41) is 9.28. The van der Waals surface area contributed by atoms with E-state index in [2.05, 4.69) is 20.4 Å². The molecule has 0 saturated heterocycles. The van der Waals surface area contributed by atoms with Crippen molar-refractivity contribution in [2.75, 3.05) is 6.54 Å². The molecular formula is C19H21N5OS. The Balaban J connectivity index is 1.39. The molecule has 0 unspecified atom stereocenters. The van der Waals surface area contributed by atoms with E-state index in [1.807, 2.05) is 37.6 Å². The van der Waals surface area contributed by atoms with Gasteiger partial charge in [0.05, 0.1) is 10.6 Å². The fourth-order valence-corrected chi connectivity index (χ4v) is 4.18. The molecule has 134 valence electrons. The smallest absolute Gasteiger partial charge is 0.271 e. The van der Waals surface area contributed by atoms with Crippen molar-refractivity contribution < 1.29 is 4.79 Å². The lowest BCUT2D eigenvalue weighted by Crippen LogP contribution is -2.26. The van der Waals surface area contributed by atoms with Crippen molar-refractivity contribution in [3.05, 3.63) is 52.0 Å². The van der Waals surface area contributed by atoms with Crippen molar-refractivity contribution in [3.63, 3.8) is 0 Å². The number of carbonyl (C=O) groups is 1. The van der Waals surface area contributed by atoms with Crippen molar-refractivity contribution in [2.24, 2.45) is 7.05 Å². The number of aromatic nitrogens is 4. The minimum atomic E-state index is -0.165. The Kier molecular flexibility index (Phi) is 4.55. The molecule has 0 spiro atoms. The first-order valence-electron chi connectivity index (χ1n) is 8.83. The first-order valence-corrected chi connectivity index (χ1v) is 9.71. The molecule has 0 saturated carbocycles. The van der Waals surface area contributed by atoms with Crippen LogP contribution >= 0.6 is 11.3 Å². The number of amides is 1. The molecule has 0 aliphatic heterocycles. The van der Waals surface area contributed by atoms with Gasteiger partial charge in [-0.2, -0.15) is 5.10 Å². The summed E-state index contributed by atoms with van der Waals surface area (Å²) in [6, 6.07) is 5.85. The minimum Gasteiger partial charge on any atom is -0.350 e. The van der Waals surface area contributed by atoms with Crippen LogP contribution in [0.3, 0.4) is 0 Å². The lowest BCUT2D eigenvalue weighted by molar-refractivity contribution is 0.0948. The van der Waals surface area contributed by atoms with Crippen molar-refractivity contribution in [1.29, 1.82) is 0 Å². The maximum absolute atomic E-state index is 12.4. The molecule has 0 aromatic carbocycles. The zero-order valence-electron chi connectivity index (χ0n) is 15.0. The molecule has 26 heavy (non-hydrogen) atoms. The number of hydrogen-bond donors (Lipinski definition) is 1. The van der Waals surface area contributed by atoms with E-state index >= 15 is 0 Å².